The molecule has 1 aromatic carbocycles. The number of rotatable bonds is 3. The lowest BCUT2D eigenvalue weighted by molar-refractivity contribution is 0.256. The van der Waals surface area contributed by atoms with Crippen LogP contribution >= 0.6 is 0 Å². The number of primary amides is 1. The second-order valence-electron chi connectivity index (χ2n) is 5.29. The van der Waals surface area contributed by atoms with E-state index >= 15 is 0 Å². The Morgan fingerprint density at radius 1 is 0.957 bits per heavy atom. The molecule has 116 valence electrons. The van der Waals surface area contributed by atoms with Gasteiger partial charge in [0.1, 0.15) is 5.52 Å². The Labute approximate surface area is 134 Å². The Balaban J connectivity index is 2.13. The maximum atomic E-state index is 12.1. The Morgan fingerprint density at radius 2 is 1.65 bits per heavy atom. The molecule has 0 spiro atoms. The van der Waals surface area contributed by atoms with Gasteiger partial charge in [0.2, 0.25) is 0 Å². The number of hydrogen-bond donors (Lipinski definition) is 1. The first kappa shape index (κ1) is 14.8. The molecule has 23 heavy (non-hydrogen) atoms. The largest absolute Gasteiger partial charge is 0.378 e. The number of nitrogens with two attached hydrogens (primary N) is 1. The van der Waals surface area contributed by atoms with Crippen LogP contribution in [0.5, 0.6) is 0 Å². The Bertz CT molecular complexity index is 840. The summed E-state index contributed by atoms with van der Waals surface area (Å²) in [5.74, 6) is 0. The summed E-state index contributed by atoms with van der Waals surface area (Å²) in [6.45, 7) is 0. The molecule has 0 aliphatic heterocycles. The summed E-state index contributed by atoms with van der Waals surface area (Å²) in [5.41, 5.74) is 9.29. The number of carbonyl (C=O) groups excluding carboxylic acids is 1. The standard InChI is InChI=1S/C17H17N5O/c1-21(2)12-5-7-13(8-6-12)22(17(18)23)15-9-11-19-14-4-3-10-20-16(14)15/h3-11H,1-2H3,(H2,18,23). The monoisotopic (exact) mass is 307 g/mol. The average Bonchev–Trinajstić information content (AvgIpc) is 2.55. The van der Waals surface area contributed by atoms with Crippen LogP contribution in [0.3, 0.4) is 0 Å². The minimum absolute atomic E-state index is 0.569. The summed E-state index contributed by atoms with van der Waals surface area (Å²) in [6, 6.07) is 12.4. The smallest absolute Gasteiger partial charge is 0.323 e. The van der Waals surface area contributed by atoms with E-state index in [1.54, 1.807) is 24.5 Å². The first-order chi connectivity index (χ1) is 11.1. The number of aromatic nitrogens is 2. The van der Waals surface area contributed by atoms with Crippen molar-refractivity contribution in [2.45, 2.75) is 0 Å². The number of pyridine rings is 2. The maximum Gasteiger partial charge on any atom is 0.323 e. The van der Waals surface area contributed by atoms with Crippen molar-refractivity contribution in [1.29, 1.82) is 0 Å². The zero-order valence-corrected chi connectivity index (χ0v) is 13.0. The average molecular weight is 307 g/mol. The fourth-order valence-corrected chi connectivity index (χ4v) is 2.43. The highest BCUT2D eigenvalue weighted by atomic mass is 16.2. The van der Waals surface area contributed by atoms with Gasteiger partial charge < -0.3 is 10.6 Å². The normalized spacial score (nSPS) is 10.5. The van der Waals surface area contributed by atoms with Crippen LogP contribution in [0.25, 0.3) is 11.0 Å². The van der Waals surface area contributed by atoms with Crippen molar-refractivity contribution < 1.29 is 4.79 Å². The van der Waals surface area contributed by atoms with Gasteiger partial charge in [-0.15, -0.1) is 0 Å². The lowest BCUT2D eigenvalue weighted by atomic mass is 10.2. The second-order valence-corrected chi connectivity index (χ2v) is 5.29. The van der Waals surface area contributed by atoms with Crippen molar-refractivity contribution in [2.75, 3.05) is 23.9 Å². The van der Waals surface area contributed by atoms with Gasteiger partial charge in [-0.25, -0.2) is 4.79 Å². The highest BCUT2D eigenvalue weighted by Crippen LogP contribution is 2.30. The lowest BCUT2D eigenvalue weighted by Gasteiger charge is -2.22. The molecule has 0 bridgehead atoms. The van der Waals surface area contributed by atoms with Gasteiger partial charge in [-0.3, -0.25) is 14.9 Å². The third-order valence-electron chi connectivity index (χ3n) is 3.56. The number of fused-ring (bicyclic) bond motifs is 1. The highest BCUT2D eigenvalue weighted by Gasteiger charge is 2.18. The van der Waals surface area contributed by atoms with E-state index in [0.717, 1.165) is 5.69 Å². The van der Waals surface area contributed by atoms with Crippen LogP contribution in [-0.2, 0) is 0 Å². The Hall–Kier alpha value is -3.15. The number of nitrogens with zero attached hydrogens (tertiary/aromatic N) is 4. The van der Waals surface area contributed by atoms with Crippen LogP contribution < -0.4 is 15.5 Å². The van der Waals surface area contributed by atoms with Gasteiger partial charge in [0.15, 0.2) is 0 Å². The quantitative estimate of drug-likeness (QED) is 0.807. The van der Waals surface area contributed by atoms with Crippen molar-refractivity contribution in [3.05, 3.63) is 54.9 Å². The zero-order valence-electron chi connectivity index (χ0n) is 13.0. The van der Waals surface area contributed by atoms with E-state index in [1.807, 2.05) is 49.3 Å². The second kappa shape index (κ2) is 5.92. The number of hydrogen-bond acceptors (Lipinski definition) is 4. The predicted octanol–water partition coefficient (Wildman–Crippen LogP) is 2.91. The molecular weight excluding hydrogens is 290 g/mol. The summed E-state index contributed by atoms with van der Waals surface area (Å²) in [6.07, 6.45) is 3.31. The molecule has 2 aromatic heterocycles. The lowest BCUT2D eigenvalue weighted by Crippen LogP contribution is -2.31. The molecule has 0 saturated heterocycles. The molecule has 0 atom stereocenters. The molecule has 6 heteroatoms. The van der Waals surface area contributed by atoms with Gasteiger partial charge in [0.05, 0.1) is 16.9 Å². The number of amides is 2. The molecule has 2 amide bonds. The van der Waals surface area contributed by atoms with Crippen LogP contribution in [0, 0.1) is 0 Å². The van der Waals surface area contributed by atoms with E-state index in [2.05, 4.69) is 9.97 Å². The van der Waals surface area contributed by atoms with E-state index < -0.39 is 6.03 Å². The van der Waals surface area contributed by atoms with Gasteiger partial charge in [0, 0.05) is 32.2 Å². The molecule has 0 aliphatic rings. The summed E-state index contributed by atoms with van der Waals surface area (Å²) >= 11 is 0. The van der Waals surface area contributed by atoms with Crippen LogP contribution in [0.15, 0.2) is 54.9 Å². The van der Waals surface area contributed by atoms with Crippen molar-refractivity contribution in [3.8, 4) is 0 Å². The molecule has 3 rings (SSSR count). The minimum atomic E-state index is -0.569. The minimum Gasteiger partial charge on any atom is -0.378 e. The first-order valence-corrected chi connectivity index (χ1v) is 7.14. The number of carbonyl (C=O) groups is 1. The van der Waals surface area contributed by atoms with Gasteiger partial charge in [-0.2, -0.15) is 0 Å². The maximum absolute atomic E-state index is 12.1. The van der Waals surface area contributed by atoms with E-state index in [9.17, 15) is 4.79 Å². The molecule has 2 N–H and O–H groups in total. The Kier molecular flexibility index (Phi) is 3.80. The molecule has 0 saturated carbocycles. The van der Waals surface area contributed by atoms with Crippen LogP contribution in [0.4, 0.5) is 21.9 Å². The van der Waals surface area contributed by atoms with E-state index in [4.69, 9.17) is 5.73 Å². The number of anilines is 3. The molecule has 0 aliphatic carbocycles. The molecule has 3 aromatic rings. The van der Waals surface area contributed by atoms with E-state index in [0.29, 0.717) is 22.4 Å². The van der Waals surface area contributed by atoms with Gasteiger partial charge >= 0.3 is 6.03 Å². The summed E-state index contributed by atoms with van der Waals surface area (Å²) < 4.78 is 0. The SMILES string of the molecule is CN(C)c1ccc(N(C(N)=O)c2ccnc3cccnc23)cc1. The van der Waals surface area contributed by atoms with Crippen molar-refractivity contribution >= 4 is 34.1 Å². The molecule has 0 fully saturated rings. The zero-order chi connectivity index (χ0) is 16.4. The van der Waals surface area contributed by atoms with Crippen molar-refractivity contribution in [1.82, 2.24) is 9.97 Å². The number of benzene rings is 1. The molecule has 0 radical (unpaired) electrons. The fraction of sp³-hybridized carbons (Fsp3) is 0.118. The predicted molar refractivity (Wildman–Crippen MR) is 92.0 cm³/mol. The van der Waals surface area contributed by atoms with Crippen molar-refractivity contribution in [2.24, 2.45) is 5.73 Å². The highest BCUT2D eigenvalue weighted by molar-refractivity contribution is 6.05. The van der Waals surface area contributed by atoms with E-state index in [-0.39, 0.29) is 0 Å². The Morgan fingerprint density at radius 3 is 2.30 bits per heavy atom. The molecule has 6 nitrogen and oxygen atoms in total. The number of urea groups is 1. The van der Waals surface area contributed by atoms with Gasteiger partial charge in [0.25, 0.3) is 0 Å². The van der Waals surface area contributed by atoms with E-state index in [1.165, 1.54) is 4.90 Å². The van der Waals surface area contributed by atoms with Crippen LogP contribution in [0.1, 0.15) is 0 Å². The summed E-state index contributed by atoms with van der Waals surface area (Å²) in [7, 11) is 3.92. The van der Waals surface area contributed by atoms with Crippen LogP contribution in [0.2, 0.25) is 0 Å². The third kappa shape index (κ3) is 2.78. The topological polar surface area (TPSA) is 75.3 Å². The molecule has 2 heterocycles. The van der Waals surface area contributed by atoms with Gasteiger partial charge in [-0.1, -0.05) is 0 Å². The summed E-state index contributed by atoms with van der Waals surface area (Å²) in [5, 5.41) is 0. The fourth-order valence-electron chi connectivity index (χ4n) is 2.43. The van der Waals surface area contributed by atoms with Crippen molar-refractivity contribution in [3.63, 3.8) is 0 Å². The molecule has 0 unspecified atom stereocenters. The first-order valence-electron chi connectivity index (χ1n) is 7.14. The third-order valence-corrected chi connectivity index (χ3v) is 3.56. The summed E-state index contributed by atoms with van der Waals surface area (Å²) in [4.78, 5) is 24.1. The van der Waals surface area contributed by atoms with Crippen LogP contribution in [-0.4, -0.2) is 30.1 Å². The molecular formula is C17H17N5O. The van der Waals surface area contributed by atoms with Gasteiger partial charge in [-0.05, 0) is 42.5 Å².